The summed E-state index contributed by atoms with van der Waals surface area (Å²) in [5.74, 6) is 1.19. The summed E-state index contributed by atoms with van der Waals surface area (Å²) < 4.78 is 5.39. The molecule has 1 saturated heterocycles. The predicted octanol–water partition coefficient (Wildman–Crippen LogP) is 1.08. The van der Waals surface area contributed by atoms with Crippen LogP contribution in [-0.2, 0) is 0 Å². The van der Waals surface area contributed by atoms with Crippen molar-refractivity contribution < 1.29 is 9.21 Å². The Morgan fingerprint density at radius 2 is 1.95 bits per heavy atom. The molecule has 19 heavy (non-hydrogen) atoms. The second-order valence-electron chi connectivity index (χ2n) is 5.71. The fraction of sp³-hybridized carbons (Fsp3) is 0.643. The Labute approximate surface area is 114 Å². The van der Waals surface area contributed by atoms with Crippen molar-refractivity contribution in [1.82, 2.24) is 9.80 Å². The number of furan rings is 1. The normalized spacial score (nSPS) is 17.8. The zero-order valence-electron chi connectivity index (χ0n) is 12.0. The molecule has 0 aliphatic carbocycles. The van der Waals surface area contributed by atoms with Gasteiger partial charge in [0.25, 0.3) is 5.91 Å². The van der Waals surface area contributed by atoms with Gasteiger partial charge in [-0.05, 0) is 32.9 Å². The molecule has 5 heteroatoms. The SMILES string of the molecule is Cc1ccc(C(=O)N2CCN(C(C)(C)CN)CC2)o1. The van der Waals surface area contributed by atoms with Gasteiger partial charge in [0, 0.05) is 38.3 Å². The van der Waals surface area contributed by atoms with E-state index >= 15 is 0 Å². The lowest BCUT2D eigenvalue weighted by atomic mass is 10.0. The fourth-order valence-corrected chi connectivity index (χ4v) is 2.35. The average molecular weight is 265 g/mol. The van der Waals surface area contributed by atoms with Crippen LogP contribution in [0.2, 0.25) is 0 Å². The number of amides is 1. The van der Waals surface area contributed by atoms with E-state index in [0.717, 1.165) is 31.9 Å². The third-order valence-corrected chi connectivity index (χ3v) is 3.87. The van der Waals surface area contributed by atoms with E-state index in [2.05, 4.69) is 18.7 Å². The molecule has 2 N–H and O–H groups in total. The molecule has 1 fully saturated rings. The van der Waals surface area contributed by atoms with E-state index in [1.54, 1.807) is 6.07 Å². The minimum Gasteiger partial charge on any atom is -0.456 e. The van der Waals surface area contributed by atoms with Crippen LogP contribution in [0.15, 0.2) is 16.5 Å². The van der Waals surface area contributed by atoms with Crippen molar-refractivity contribution in [3.05, 3.63) is 23.7 Å². The molecule has 0 atom stereocenters. The second-order valence-corrected chi connectivity index (χ2v) is 5.71. The van der Waals surface area contributed by atoms with Crippen LogP contribution in [0.3, 0.4) is 0 Å². The first-order valence-electron chi connectivity index (χ1n) is 6.75. The monoisotopic (exact) mass is 265 g/mol. The Bertz CT molecular complexity index is 445. The van der Waals surface area contributed by atoms with Crippen LogP contribution in [-0.4, -0.2) is 54.0 Å². The lowest BCUT2D eigenvalue weighted by Crippen LogP contribution is -2.58. The van der Waals surface area contributed by atoms with E-state index in [9.17, 15) is 4.79 Å². The quantitative estimate of drug-likeness (QED) is 0.888. The van der Waals surface area contributed by atoms with Crippen molar-refractivity contribution in [3.8, 4) is 0 Å². The standard InChI is InChI=1S/C14H23N3O2/c1-11-4-5-12(19-11)13(18)16-6-8-17(9-7-16)14(2,3)10-15/h4-5H,6-10,15H2,1-3H3. The molecule has 5 nitrogen and oxygen atoms in total. The van der Waals surface area contributed by atoms with Gasteiger partial charge in [0.05, 0.1) is 0 Å². The first-order chi connectivity index (χ1) is 8.94. The van der Waals surface area contributed by atoms with E-state index in [4.69, 9.17) is 10.2 Å². The van der Waals surface area contributed by atoms with Gasteiger partial charge in [0.2, 0.25) is 0 Å². The van der Waals surface area contributed by atoms with Gasteiger partial charge in [0.15, 0.2) is 5.76 Å². The topological polar surface area (TPSA) is 62.7 Å². The van der Waals surface area contributed by atoms with Crippen LogP contribution in [0.1, 0.15) is 30.2 Å². The first-order valence-corrected chi connectivity index (χ1v) is 6.75. The zero-order chi connectivity index (χ0) is 14.0. The third kappa shape index (κ3) is 2.98. The zero-order valence-corrected chi connectivity index (χ0v) is 12.0. The highest BCUT2D eigenvalue weighted by Gasteiger charge is 2.31. The Morgan fingerprint density at radius 3 is 2.42 bits per heavy atom. The van der Waals surface area contributed by atoms with Gasteiger partial charge < -0.3 is 15.1 Å². The second kappa shape index (κ2) is 5.35. The van der Waals surface area contributed by atoms with Crippen LogP contribution >= 0.6 is 0 Å². The number of nitrogens with two attached hydrogens (primary N) is 1. The summed E-state index contributed by atoms with van der Waals surface area (Å²) in [5.41, 5.74) is 5.78. The molecule has 0 saturated carbocycles. The molecule has 0 spiro atoms. The van der Waals surface area contributed by atoms with Crippen molar-refractivity contribution in [2.24, 2.45) is 5.73 Å². The van der Waals surface area contributed by atoms with Gasteiger partial charge in [-0.15, -0.1) is 0 Å². The summed E-state index contributed by atoms with van der Waals surface area (Å²) in [7, 11) is 0. The summed E-state index contributed by atoms with van der Waals surface area (Å²) in [4.78, 5) is 16.4. The van der Waals surface area contributed by atoms with E-state index < -0.39 is 0 Å². The maximum Gasteiger partial charge on any atom is 0.289 e. The number of nitrogens with zero attached hydrogens (tertiary/aromatic N) is 2. The Morgan fingerprint density at radius 1 is 1.32 bits per heavy atom. The Balaban J connectivity index is 1.95. The van der Waals surface area contributed by atoms with Crippen molar-refractivity contribution >= 4 is 5.91 Å². The molecule has 2 rings (SSSR count). The molecule has 1 aromatic rings. The van der Waals surface area contributed by atoms with Gasteiger partial charge in [-0.1, -0.05) is 0 Å². The molecule has 0 aromatic carbocycles. The van der Waals surface area contributed by atoms with Crippen molar-refractivity contribution in [2.45, 2.75) is 26.3 Å². The minimum absolute atomic E-state index is 0.00356. The summed E-state index contributed by atoms with van der Waals surface area (Å²) in [6, 6.07) is 3.56. The van der Waals surface area contributed by atoms with E-state index in [-0.39, 0.29) is 11.4 Å². The maximum atomic E-state index is 12.2. The molecule has 0 unspecified atom stereocenters. The van der Waals surface area contributed by atoms with Gasteiger partial charge in [-0.3, -0.25) is 9.69 Å². The van der Waals surface area contributed by atoms with Crippen LogP contribution in [0.4, 0.5) is 0 Å². The largest absolute Gasteiger partial charge is 0.456 e. The molecular formula is C14H23N3O2. The maximum absolute atomic E-state index is 12.2. The predicted molar refractivity (Wildman–Crippen MR) is 74.1 cm³/mol. The fourth-order valence-electron chi connectivity index (χ4n) is 2.35. The molecule has 1 amide bonds. The van der Waals surface area contributed by atoms with E-state index in [1.165, 1.54) is 0 Å². The average Bonchev–Trinajstić information content (AvgIpc) is 2.85. The highest BCUT2D eigenvalue weighted by Crippen LogP contribution is 2.17. The van der Waals surface area contributed by atoms with Crippen LogP contribution in [0.25, 0.3) is 0 Å². The smallest absolute Gasteiger partial charge is 0.289 e. The summed E-state index contributed by atoms with van der Waals surface area (Å²) in [5, 5.41) is 0. The number of hydrogen-bond donors (Lipinski definition) is 1. The molecular weight excluding hydrogens is 242 g/mol. The minimum atomic E-state index is -0.0155. The van der Waals surface area contributed by atoms with Crippen molar-refractivity contribution in [1.29, 1.82) is 0 Å². The number of rotatable bonds is 3. The number of carbonyl (C=O) groups is 1. The number of hydrogen-bond acceptors (Lipinski definition) is 4. The molecule has 0 bridgehead atoms. The van der Waals surface area contributed by atoms with Gasteiger partial charge in [-0.2, -0.15) is 0 Å². The van der Waals surface area contributed by atoms with Crippen molar-refractivity contribution in [3.63, 3.8) is 0 Å². The molecule has 2 heterocycles. The summed E-state index contributed by atoms with van der Waals surface area (Å²) >= 11 is 0. The van der Waals surface area contributed by atoms with Crippen molar-refractivity contribution in [2.75, 3.05) is 32.7 Å². The number of carbonyl (C=O) groups excluding carboxylic acids is 1. The highest BCUT2D eigenvalue weighted by atomic mass is 16.3. The third-order valence-electron chi connectivity index (χ3n) is 3.87. The summed E-state index contributed by atoms with van der Waals surface area (Å²) in [6.07, 6.45) is 0. The molecule has 0 radical (unpaired) electrons. The van der Waals surface area contributed by atoms with E-state index in [0.29, 0.717) is 12.3 Å². The lowest BCUT2D eigenvalue weighted by molar-refractivity contribution is 0.0404. The van der Waals surface area contributed by atoms with Crippen LogP contribution in [0.5, 0.6) is 0 Å². The van der Waals surface area contributed by atoms with Crippen LogP contribution < -0.4 is 5.73 Å². The lowest BCUT2D eigenvalue weighted by Gasteiger charge is -2.43. The Hall–Kier alpha value is -1.33. The van der Waals surface area contributed by atoms with E-state index in [1.807, 2.05) is 17.9 Å². The molecule has 1 aromatic heterocycles. The molecule has 1 aliphatic rings. The van der Waals surface area contributed by atoms with Crippen LogP contribution in [0, 0.1) is 6.92 Å². The first kappa shape index (κ1) is 14.1. The van der Waals surface area contributed by atoms with Gasteiger partial charge in [0.1, 0.15) is 5.76 Å². The number of piperazine rings is 1. The van der Waals surface area contributed by atoms with Gasteiger partial charge >= 0.3 is 0 Å². The van der Waals surface area contributed by atoms with Gasteiger partial charge in [-0.25, -0.2) is 0 Å². The molecule has 106 valence electrons. The Kier molecular flexibility index (Phi) is 3.96. The number of aryl methyl sites for hydroxylation is 1. The highest BCUT2D eigenvalue weighted by molar-refractivity contribution is 5.91. The molecule has 1 aliphatic heterocycles. The summed E-state index contributed by atoms with van der Waals surface area (Å²) in [6.45, 7) is 9.91.